The lowest BCUT2D eigenvalue weighted by Gasteiger charge is -2.30. The third-order valence-electron chi connectivity index (χ3n) is 5.55. The highest BCUT2D eigenvalue weighted by molar-refractivity contribution is 7.80. The van der Waals surface area contributed by atoms with Crippen molar-refractivity contribution in [2.45, 2.75) is 13.5 Å². The number of para-hydroxylation sites is 1. The number of methoxy groups -OCH3 is 1. The topological polar surface area (TPSA) is 105 Å². The summed E-state index contributed by atoms with van der Waals surface area (Å²) >= 11 is 5.27. The predicted octanol–water partition coefficient (Wildman–Crippen LogP) is 4.11. The predicted molar refractivity (Wildman–Crippen MR) is 138 cm³/mol. The monoisotopic (exact) mass is 502 g/mol. The number of amides is 2. The second kappa shape index (κ2) is 10.4. The van der Waals surface area contributed by atoms with Gasteiger partial charge >= 0.3 is 5.97 Å². The quantitative estimate of drug-likeness (QED) is 0.285. The number of anilines is 1. The molecule has 0 aliphatic carbocycles. The minimum Gasteiger partial charge on any atom is -0.493 e. The van der Waals surface area contributed by atoms with Crippen molar-refractivity contribution in [3.05, 3.63) is 94.6 Å². The van der Waals surface area contributed by atoms with Crippen molar-refractivity contribution in [3.8, 4) is 11.5 Å². The molecular formula is C27H22N2O6S. The van der Waals surface area contributed by atoms with E-state index in [-0.39, 0.29) is 22.9 Å². The van der Waals surface area contributed by atoms with Gasteiger partial charge in [-0.15, -0.1) is 0 Å². The summed E-state index contributed by atoms with van der Waals surface area (Å²) in [7, 11) is 1.48. The molecule has 9 heteroatoms. The van der Waals surface area contributed by atoms with Crippen molar-refractivity contribution in [2.24, 2.45) is 0 Å². The van der Waals surface area contributed by atoms with E-state index >= 15 is 0 Å². The number of carbonyl (C=O) groups excluding carboxylic acids is 2. The lowest BCUT2D eigenvalue weighted by molar-refractivity contribution is -0.122. The van der Waals surface area contributed by atoms with E-state index in [4.69, 9.17) is 26.8 Å². The lowest BCUT2D eigenvalue weighted by atomic mass is 10.1. The molecular weight excluding hydrogens is 480 g/mol. The number of rotatable bonds is 7. The molecule has 0 unspecified atom stereocenters. The number of benzene rings is 3. The molecule has 0 spiro atoms. The van der Waals surface area contributed by atoms with Crippen molar-refractivity contribution in [1.82, 2.24) is 5.32 Å². The molecule has 1 heterocycles. The first kappa shape index (κ1) is 24.6. The largest absolute Gasteiger partial charge is 0.493 e. The first-order valence-corrected chi connectivity index (χ1v) is 11.3. The molecule has 0 atom stereocenters. The molecule has 4 rings (SSSR count). The summed E-state index contributed by atoms with van der Waals surface area (Å²) in [6.45, 7) is 2.05. The summed E-state index contributed by atoms with van der Waals surface area (Å²) in [5.74, 6) is -1.26. The Morgan fingerprint density at radius 1 is 1.06 bits per heavy atom. The second-order valence-electron chi connectivity index (χ2n) is 7.95. The van der Waals surface area contributed by atoms with E-state index in [0.29, 0.717) is 22.7 Å². The molecule has 3 aromatic carbocycles. The molecule has 2 amide bonds. The number of thiocarbonyl (C=S) groups is 1. The number of aryl methyl sites for hydroxylation is 1. The van der Waals surface area contributed by atoms with E-state index in [2.05, 4.69) is 5.32 Å². The minimum absolute atomic E-state index is 0.0224. The van der Waals surface area contributed by atoms with Crippen LogP contribution in [0.25, 0.3) is 6.08 Å². The molecule has 3 aromatic rings. The van der Waals surface area contributed by atoms with Crippen LogP contribution >= 0.6 is 12.2 Å². The number of aromatic carboxylic acids is 1. The smallest absolute Gasteiger partial charge is 0.335 e. The van der Waals surface area contributed by atoms with Crippen molar-refractivity contribution < 1.29 is 29.0 Å². The van der Waals surface area contributed by atoms with Crippen molar-refractivity contribution in [3.63, 3.8) is 0 Å². The number of hydrogen-bond donors (Lipinski definition) is 2. The average molecular weight is 503 g/mol. The SMILES string of the molecule is COc1cc(C=C2C(=O)NC(=S)N(c3ccccc3C)C2=O)ccc1OCc1ccc(C(=O)O)cc1. The van der Waals surface area contributed by atoms with Crippen LogP contribution in [-0.2, 0) is 16.2 Å². The van der Waals surface area contributed by atoms with Crippen LogP contribution in [0.5, 0.6) is 11.5 Å². The van der Waals surface area contributed by atoms with Gasteiger partial charge in [0.25, 0.3) is 11.8 Å². The Labute approximate surface area is 212 Å². The molecule has 0 aromatic heterocycles. The van der Waals surface area contributed by atoms with Gasteiger partial charge in [-0.3, -0.25) is 19.8 Å². The molecule has 2 N–H and O–H groups in total. The zero-order valence-corrected chi connectivity index (χ0v) is 20.3. The zero-order valence-electron chi connectivity index (χ0n) is 19.5. The molecule has 0 saturated carbocycles. The zero-order chi connectivity index (χ0) is 25.8. The highest BCUT2D eigenvalue weighted by Gasteiger charge is 2.35. The van der Waals surface area contributed by atoms with Crippen LogP contribution in [0.1, 0.15) is 27.0 Å². The molecule has 36 heavy (non-hydrogen) atoms. The third-order valence-corrected chi connectivity index (χ3v) is 5.84. The number of nitrogens with zero attached hydrogens (tertiary/aromatic N) is 1. The van der Waals surface area contributed by atoms with E-state index in [9.17, 15) is 14.4 Å². The van der Waals surface area contributed by atoms with Crippen LogP contribution in [0, 0.1) is 6.92 Å². The normalized spacial score (nSPS) is 14.6. The number of carbonyl (C=O) groups is 3. The highest BCUT2D eigenvalue weighted by atomic mass is 32.1. The van der Waals surface area contributed by atoms with Crippen LogP contribution in [0.3, 0.4) is 0 Å². The summed E-state index contributed by atoms with van der Waals surface area (Å²) in [4.78, 5) is 38.2. The standard InChI is InChI=1S/C27H22N2O6S/c1-16-5-3-4-6-21(16)29-25(31)20(24(30)28-27(29)36)13-18-9-12-22(23(14-18)34-2)35-15-17-7-10-19(11-8-17)26(32)33/h3-14H,15H2,1-2H3,(H,32,33)(H,28,30,36). The number of carboxylic acid groups (broad SMARTS) is 1. The van der Waals surface area contributed by atoms with Crippen molar-refractivity contribution >= 4 is 46.9 Å². The Hall–Kier alpha value is -4.50. The summed E-state index contributed by atoms with van der Waals surface area (Å²) in [5, 5.41) is 11.6. The number of ether oxygens (including phenoxy) is 2. The van der Waals surface area contributed by atoms with Gasteiger partial charge in [0.15, 0.2) is 16.6 Å². The first-order valence-electron chi connectivity index (χ1n) is 10.9. The van der Waals surface area contributed by atoms with Crippen LogP contribution in [0.15, 0.2) is 72.3 Å². The van der Waals surface area contributed by atoms with Crippen LogP contribution in [-0.4, -0.2) is 35.1 Å². The molecule has 182 valence electrons. The molecule has 0 bridgehead atoms. The highest BCUT2D eigenvalue weighted by Crippen LogP contribution is 2.31. The Kier molecular flexibility index (Phi) is 7.12. The maximum absolute atomic E-state index is 13.3. The maximum atomic E-state index is 13.3. The van der Waals surface area contributed by atoms with Gasteiger partial charge in [0.05, 0.1) is 18.4 Å². The Balaban J connectivity index is 1.57. The Bertz CT molecular complexity index is 1400. The summed E-state index contributed by atoms with van der Waals surface area (Å²) < 4.78 is 11.3. The van der Waals surface area contributed by atoms with E-state index in [1.165, 1.54) is 30.2 Å². The first-order chi connectivity index (χ1) is 17.3. The van der Waals surface area contributed by atoms with E-state index in [1.54, 1.807) is 42.5 Å². The molecule has 1 saturated heterocycles. The fourth-order valence-corrected chi connectivity index (χ4v) is 3.93. The Morgan fingerprint density at radius 3 is 2.44 bits per heavy atom. The van der Waals surface area contributed by atoms with E-state index < -0.39 is 17.8 Å². The van der Waals surface area contributed by atoms with E-state index in [0.717, 1.165) is 11.1 Å². The van der Waals surface area contributed by atoms with Gasteiger partial charge in [-0.05, 0) is 72.2 Å². The second-order valence-corrected chi connectivity index (χ2v) is 8.33. The van der Waals surface area contributed by atoms with Gasteiger partial charge in [-0.1, -0.05) is 36.4 Å². The van der Waals surface area contributed by atoms with Gasteiger partial charge in [0, 0.05) is 0 Å². The van der Waals surface area contributed by atoms with Gasteiger partial charge in [0.2, 0.25) is 0 Å². The van der Waals surface area contributed by atoms with Gasteiger partial charge in [0.1, 0.15) is 12.2 Å². The number of nitrogens with one attached hydrogen (secondary N) is 1. The van der Waals surface area contributed by atoms with Gasteiger partial charge < -0.3 is 14.6 Å². The third kappa shape index (κ3) is 5.11. The van der Waals surface area contributed by atoms with Crippen molar-refractivity contribution in [1.29, 1.82) is 0 Å². The van der Waals surface area contributed by atoms with Crippen LogP contribution < -0.4 is 19.7 Å². The summed E-state index contributed by atoms with van der Waals surface area (Å²) in [6, 6.07) is 18.6. The molecule has 0 radical (unpaired) electrons. The van der Waals surface area contributed by atoms with Gasteiger partial charge in [-0.25, -0.2) is 4.79 Å². The Morgan fingerprint density at radius 2 is 1.78 bits per heavy atom. The molecule has 8 nitrogen and oxygen atoms in total. The molecule has 1 aliphatic rings. The summed E-state index contributed by atoms with van der Waals surface area (Å²) in [5.41, 5.74) is 2.89. The fourth-order valence-electron chi connectivity index (χ4n) is 3.66. The minimum atomic E-state index is -0.997. The van der Waals surface area contributed by atoms with Crippen LogP contribution in [0.2, 0.25) is 0 Å². The summed E-state index contributed by atoms with van der Waals surface area (Å²) in [6.07, 6.45) is 1.47. The maximum Gasteiger partial charge on any atom is 0.335 e. The van der Waals surface area contributed by atoms with Gasteiger partial charge in [-0.2, -0.15) is 0 Å². The van der Waals surface area contributed by atoms with E-state index in [1.807, 2.05) is 19.1 Å². The lowest BCUT2D eigenvalue weighted by Crippen LogP contribution is -2.54. The number of hydrogen-bond acceptors (Lipinski definition) is 6. The van der Waals surface area contributed by atoms with Crippen molar-refractivity contribution in [2.75, 3.05) is 12.0 Å². The number of carboxylic acids is 1. The fraction of sp³-hybridized carbons (Fsp3) is 0.111. The van der Waals surface area contributed by atoms with Crippen LogP contribution in [0.4, 0.5) is 5.69 Å². The molecule has 1 aliphatic heterocycles. The average Bonchev–Trinajstić information content (AvgIpc) is 2.86. The molecule has 1 fully saturated rings.